The van der Waals surface area contributed by atoms with Crippen LogP contribution >= 0.6 is 0 Å². The monoisotopic (exact) mass is 253 g/mol. The minimum atomic E-state index is -1.23. The second-order valence-electron chi connectivity index (χ2n) is 3.78. The molecular formula is C10H11N3O5. The minimum absolute atomic E-state index is 0.0394. The topological polar surface area (TPSA) is 113 Å². The van der Waals surface area contributed by atoms with Crippen LogP contribution in [0.2, 0.25) is 0 Å². The van der Waals surface area contributed by atoms with Gasteiger partial charge in [0.05, 0.1) is 0 Å². The van der Waals surface area contributed by atoms with Crippen LogP contribution in [-0.2, 0) is 9.59 Å². The predicted octanol–water partition coefficient (Wildman–Crippen LogP) is -0.386. The van der Waals surface area contributed by atoms with E-state index in [1.807, 2.05) is 0 Å². The van der Waals surface area contributed by atoms with Gasteiger partial charge in [-0.15, -0.1) is 0 Å². The molecule has 1 atom stereocenters. The van der Waals surface area contributed by atoms with Crippen molar-refractivity contribution >= 4 is 23.8 Å². The number of imide groups is 1. The molecule has 1 fully saturated rings. The Kier molecular flexibility index (Phi) is 3.00. The summed E-state index contributed by atoms with van der Waals surface area (Å²) < 4.78 is 5.00. The molecule has 96 valence electrons. The summed E-state index contributed by atoms with van der Waals surface area (Å²) in [6.45, 7) is 1.68. The highest BCUT2D eigenvalue weighted by molar-refractivity contribution is 6.04. The number of aromatic nitrogens is 1. The molecular weight excluding hydrogens is 242 g/mol. The summed E-state index contributed by atoms with van der Waals surface area (Å²) >= 11 is 0. The Hall–Kier alpha value is -2.38. The van der Waals surface area contributed by atoms with Crippen LogP contribution in [0.5, 0.6) is 0 Å². The van der Waals surface area contributed by atoms with Gasteiger partial charge in [0.15, 0.2) is 5.69 Å². The van der Waals surface area contributed by atoms with Gasteiger partial charge in [0.1, 0.15) is 18.8 Å². The van der Waals surface area contributed by atoms with Crippen LogP contribution in [0.25, 0.3) is 0 Å². The van der Waals surface area contributed by atoms with E-state index in [1.54, 1.807) is 6.92 Å². The third-order valence-corrected chi connectivity index (χ3v) is 2.60. The summed E-state index contributed by atoms with van der Waals surface area (Å²) in [5.74, 6) is -2.14. The van der Waals surface area contributed by atoms with Gasteiger partial charge in [-0.05, 0) is 6.42 Å². The molecule has 0 spiro atoms. The number of oxazole rings is 1. The lowest BCUT2D eigenvalue weighted by molar-refractivity contribution is -0.133. The molecule has 1 aromatic heterocycles. The molecule has 0 bridgehead atoms. The zero-order chi connectivity index (χ0) is 13.3. The summed E-state index contributed by atoms with van der Waals surface area (Å²) in [5, 5.41) is 10.9. The van der Waals surface area contributed by atoms with Crippen LogP contribution in [0.4, 0.5) is 6.01 Å². The van der Waals surface area contributed by atoms with E-state index >= 15 is 0 Å². The maximum Gasteiger partial charge on any atom is 0.357 e. The number of amides is 2. The van der Waals surface area contributed by atoms with Crippen molar-refractivity contribution in [2.75, 3.05) is 11.4 Å². The fourth-order valence-corrected chi connectivity index (χ4v) is 1.77. The maximum atomic E-state index is 11.6. The smallest absolute Gasteiger partial charge is 0.357 e. The van der Waals surface area contributed by atoms with E-state index in [0.29, 0.717) is 6.42 Å². The van der Waals surface area contributed by atoms with E-state index in [2.05, 4.69) is 10.3 Å². The van der Waals surface area contributed by atoms with E-state index in [1.165, 1.54) is 4.90 Å². The number of aromatic carboxylic acids is 1. The molecule has 1 aliphatic heterocycles. The zero-order valence-electron chi connectivity index (χ0n) is 9.54. The Morgan fingerprint density at radius 2 is 2.39 bits per heavy atom. The lowest BCUT2D eigenvalue weighted by Crippen LogP contribution is -2.58. The molecule has 0 aromatic carbocycles. The van der Waals surface area contributed by atoms with Gasteiger partial charge in [-0.1, -0.05) is 6.92 Å². The summed E-state index contributed by atoms with van der Waals surface area (Å²) in [5.41, 5.74) is -0.265. The van der Waals surface area contributed by atoms with E-state index in [9.17, 15) is 14.4 Å². The Labute approximate surface area is 102 Å². The number of carbonyl (C=O) groups excluding carboxylic acids is 2. The fraction of sp³-hybridized carbons (Fsp3) is 0.400. The molecule has 2 N–H and O–H groups in total. The van der Waals surface area contributed by atoms with Crippen molar-refractivity contribution in [1.82, 2.24) is 10.3 Å². The molecule has 0 aliphatic carbocycles. The van der Waals surface area contributed by atoms with Crippen molar-refractivity contribution in [2.45, 2.75) is 19.4 Å². The molecule has 1 aliphatic rings. The van der Waals surface area contributed by atoms with Crippen molar-refractivity contribution in [3.63, 3.8) is 0 Å². The van der Waals surface area contributed by atoms with Gasteiger partial charge in [-0.2, -0.15) is 4.98 Å². The van der Waals surface area contributed by atoms with E-state index in [-0.39, 0.29) is 18.3 Å². The second kappa shape index (κ2) is 4.47. The first kappa shape index (κ1) is 12.1. The number of carboxylic acids is 1. The number of nitrogens with zero attached hydrogens (tertiary/aromatic N) is 2. The molecule has 2 amide bonds. The number of piperazine rings is 1. The molecule has 1 saturated heterocycles. The third kappa shape index (κ3) is 2.04. The van der Waals surface area contributed by atoms with Gasteiger partial charge in [-0.25, -0.2) is 4.79 Å². The highest BCUT2D eigenvalue weighted by Crippen LogP contribution is 2.20. The maximum absolute atomic E-state index is 11.6. The third-order valence-electron chi connectivity index (χ3n) is 2.60. The number of hydrogen-bond acceptors (Lipinski definition) is 6. The average Bonchev–Trinajstić information content (AvgIpc) is 2.77. The number of hydrogen-bond donors (Lipinski definition) is 2. The van der Waals surface area contributed by atoms with Gasteiger partial charge in [0.25, 0.3) is 6.01 Å². The number of anilines is 1. The van der Waals surface area contributed by atoms with Crippen molar-refractivity contribution in [3.8, 4) is 0 Å². The molecule has 2 heterocycles. The summed E-state index contributed by atoms with van der Waals surface area (Å²) in [6.07, 6.45) is 1.42. The predicted molar refractivity (Wildman–Crippen MR) is 58.0 cm³/mol. The molecule has 0 radical (unpaired) electrons. The first-order valence-electron chi connectivity index (χ1n) is 5.32. The summed E-state index contributed by atoms with van der Waals surface area (Å²) in [4.78, 5) is 38.7. The van der Waals surface area contributed by atoms with E-state index in [0.717, 1.165) is 6.26 Å². The van der Waals surface area contributed by atoms with Gasteiger partial charge >= 0.3 is 5.97 Å². The van der Waals surface area contributed by atoms with Gasteiger partial charge in [0.2, 0.25) is 11.8 Å². The zero-order valence-corrected chi connectivity index (χ0v) is 9.54. The number of carboxylic acid groups (broad SMARTS) is 1. The number of nitrogens with one attached hydrogen (secondary N) is 1. The molecule has 8 heteroatoms. The molecule has 18 heavy (non-hydrogen) atoms. The highest BCUT2D eigenvalue weighted by Gasteiger charge is 2.35. The SMILES string of the molecule is CCC1C(=O)NC(=O)CN1c1nc(C(=O)O)co1. The minimum Gasteiger partial charge on any atom is -0.476 e. The molecule has 1 aromatic rings. The lowest BCUT2D eigenvalue weighted by Gasteiger charge is -2.31. The molecule has 0 saturated carbocycles. The highest BCUT2D eigenvalue weighted by atomic mass is 16.4. The molecule has 8 nitrogen and oxygen atoms in total. The van der Waals surface area contributed by atoms with Crippen molar-refractivity contribution in [2.24, 2.45) is 0 Å². The van der Waals surface area contributed by atoms with Crippen LogP contribution in [0.3, 0.4) is 0 Å². The van der Waals surface area contributed by atoms with Gasteiger partial charge < -0.3 is 14.4 Å². The van der Waals surface area contributed by atoms with E-state index in [4.69, 9.17) is 9.52 Å². The standard InChI is InChI=1S/C10H11N3O5/c1-2-6-8(15)12-7(14)3-13(6)10-11-5(4-18-10)9(16)17/h4,6H,2-3H2,1H3,(H,16,17)(H,12,14,15). The normalized spacial score (nSPS) is 19.8. The number of rotatable bonds is 3. The second-order valence-corrected chi connectivity index (χ2v) is 3.78. The molecule has 2 rings (SSSR count). The molecule has 1 unspecified atom stereocenters. The van der Waals surface area contributed by atoms with Crippen LogP contribution in [0.15, 0.2) is 10.7 Å². The van der Waals surface area contributed by atoms with Crippen LogP contribution < -0.4 is 10.2 Å². The largest absolute Gasteiger partial charge is 0.476 e. The van der Waals surface area contributed by atoms with Crippen molar-refractivity contribution < 1.29 is 23.9 Å². The first-order chi connectivity index (χ1) is 8.52. The van der Waals surface area contributed by atoms with Crippen LogP contribution in [-0.4, -0.2) is 40.5 Å². The first-order valence-corrected chi connectivity index (χ1v) is 5.32. The summed E-state index contributed by atoms with van der Waals surface area (Å²) in [7, 11) is 0. The van der Waals surface area contributed by atoms with Gasteiger partial charge in [0, 0.05) is 0 Å². The Morgan fingerprint density at radius 3 is 2.94 bits per heavy atom. The number of carbonyl (C=O) groups is 3. The Balaban J connectivity index is 2.30. The quantitative estimate of drug-likeness (QED) is 0.705. The average molecular weight is 253 g/mol. The van der Waals surface area contributed by atoms with Crippen LogP contribution in [0.1, 0.15) is 23.8 Å². The van der Waals surface area contributed by atoms with Crippen molar-refractivity contribution in [3.05, 3.63) is 12.0 Å². The van der Waals surface area contributed by atoms with E-state index < -0.39 is 23.8 Å². The fourth-order valence-electron chi connectivity index (χ4n) is 1.77. The van der Waals surface area contributed by atoms with Gasteiger partial charge in [-0.3, -0.25) is 14.9 Å². The van der Waals surface area contributed by atoms with Crippen LogP contribution in [0, 0.1) is 0 Å². The lowest BCUT2D eigenvalue weighted by atomic mass is 10.1. The Bertz CT molecular complexity index is 509. The summed E-state index contributed by atoms with van der Waals surface area (Å²) in [6, 6.07) is -0.634. The van der Waals surface area contributed by atoms with Crippen molar-refractivity contribution in [1.29, 1.82) is 0 Å². The Morgan fingerprint density at radius 1 is 1.67 bits per heavy atom.